The first kappa shape index (κ1) is 14.8. The number of nitrogens with zero attached hydrogens (tertiary/aromatic N) is 1. The summed E-state index contributed by atoms with van der Waals surface area (Å²) in [7, 11) is 2.18. The standard InChI is InChI=1S/C16H24ClNO/c1-18(13-7-3-2-4-8-13)12-11-16(19)14-9-5-6-10-15(14)17/h5-6,9-10,13,16,19H,2-4,7-8,11-12H2,1H3. The number of aliphatic hydroxyl groups is 1. The van der Waals surface area contributed by atoms with E-state index in [1.807, 2.05) is 24.3 Å². The third-order valence-electron chi connectivity index (χ3n) is 4.22. The molecule has 2 rings (SSSR count). The van der Waals surface area contributed by atoms with Crippen molar-refractivity contribution in [3.8, 4) is 0 Å². The summed E-state index contributed by atoms with van der Waals surface area (Å²) < 4.78 is 0. The van der Waals surface area contributed by atoms with Gasteiger partial charge in [0.05, 0.1) is 6.10 Å². The Kier molecular flexibility index (Phi) is 5.68. The van der Waals surface area contributed by atoms with Crippen molar-refractivity contribution in [2.24, 2.45) is 0 Å². The molecule has 0 saturated heterocycles. The van der Waals surface area contributed by atoms with Crippen LogP contribution in [-0.2, 0) is 0 Å². The number of hydrogen-bond donors (Lipinski definition) is 1. The maximum absolute atomic E-state index is 10.2. The Balaban J connectivity index is 1.82. The molecule has 0 amide bonds. The minimum atomic E-state index is -0.459. The van der Waals surface area contributed by atoms with Gasteiger partial charge in [-0.05, 0) is 37.9 Å². The summed E-state index contributed by atoms with van der Waals surface area (Å²) in [5, 5.41) is 10.9. The van der Waals surface area contributed by atoms with Gasteiger partial charge in [-0.1, -0.05) is 49.1 Å². The highest BCUT2D eigenvalue weighted by molar-refractivity contribution is 6.31. The van der Waals surface area contributed by atoms with Gasteiger partial charge in [-0.3, -0.25) is 0 Å². The molecule has 2 nitrogen and oxygen atoms in total. The van der Waals surface area contributed by atoms with Crippen LogP contribution in [0.25, 0.3) is 0 Å². The minimum absolute atomic E-state index is 0.459. The van der Waals surface area contributed by atoms with E-state index >= 15 is 0 Å². The summed E-state index contributed by atoms with van der Waals surface area (Å²) in [5.41, 5.74) is 0.848. The van der Waals surface area contributed by atoms with Gasteiger partial charge in [-0.15, -0.1) is 0 Å². The lowest BCUT2D eigenvalue weighted by Gasteiger charge is -2.31. The summed E-state index contributed by atoms with van der Waals surface area (Å²) in [6.07, 6.45) is 6.98. The van der Waals surface area contributed by atoms with Crippen LogP contribution < -0.4 is 0 Å². The van der Waals surface area contributed by atoms with Crippen molar-refractivity contribution in [2.45, 2.75) is 50.7 Å². The normalized spacial score (nSPS) is 18.7. The van der Waals surface area contributed by atoms with Gasteiger partial charge < -0.3 is 10.0 Å². The average molecular weight is 282 g/mol. The van der Waals surface area contributed by atoms with Gasteiger partial charge >= 0.3 is 0 Å². The topological polar surface area (TPSA) is 23.5 Å². The van der Waals surface area contributed by atoms with E-state index in [0.29, 0.717) is 11.1 Å². The summed E-state index contributed by atoms with van der Waals surface area (Å²) in [5.74, 6) is 0. The van der Waals surface area contributed by atoms with E-state index in [-0.39, 0.29) is 0 Å². The van der Waals surface area contributed by atoms with Crippen LogP contribution in [0, 0.1) is 0 Å². The van der Waals surface area contributed by atoms with E-state index in [0.717, 1.165) is 18.5 Å². The maximum Gasteiger partial charge on any atom is 0.0816 e. The van der Waals surface area contributed by atoms with Gasteiger partial charge in [-0.2, -0.15) is 0 Å². The Morgan fingerprint density at radius 1 is 1.26 bits per heavy atom. The van der Waals surface area contributed by atoms with Crippen molar-refractivity contribution in [1.29, 1.82) is 0 Å². The summed E-state index contributed by atoms with van der Waals surface area (Å²) in [6, 6.07) is 8.27. The molecule has 1 N–H and O–H groups in total. The third kappa shape index (κ3) is 4.20. The second-order valence-corrected chi connectivity index (χ2v) is 6.01. The van der Waals surface area contributed by atoms with Gasteiger partial charge in [0.25, 0.3) is 0 Å². The van der Waals surface area contributed by atoms with Crippen LogP contribution in [0.2, 0.25) is 5.02 Å². The Morgan fingerprint density at radius 3 is 2.63 bits per heavy atom. The lowest BCUT2D eigenvalue weighted by atomic mass is 9.94. The Labute approximate surface area is 121 Å². The maximum atomic E-state index is 10.2. The largest absolute Gasteiger partial charge is 0.388 e. The van der Waals surface area contributed by atoms with Crippen molar-refractivity contribution < 1.29 is 5.11 Å². The van der Waals surface area contributed by atoms with Gasteiger partial charge in [0.15, 0.2) is 0 Å². The highest BCUT2D eigenvalue weighted by Crippen LogP contribution is 2.26. The molecule has 0 radical (unpaired) electrons. The Bertz CT molecular complexity index is 390. The number of rotatable bonds is 5. The summed E-state index contributed by atoms with van der Waals surface area (Å²) in [4.78, 5) is 2.40. The van der Waals surface area contributed by atoms with E-state index in [1.165, 1.54) is 32.1 Å². The van der Waals surface area contributed by atoms with Crippen LogP contribution in [0.3, 0.4) is 0 Å². The van der Waals surface area contributed by atoms with Crippen LogP contribution in [0.4, 0.5) is 0 Å². The van der Waals surface area contributed by atoms with E-state index in [1.54, 1.807) is 0 Å². The smallest absolute Gasteiger partial charge is 0.0816 e. The van der Waals surface area contributed by atoms with Crippen molar-refractivity contribution in [3.63, 3.8) is 0 Å². The Morgan fingerprint density at radius 2 is 1.95 bits per heavy atom. The van der Waals surface area contributed by atoms with E-state index in [9.17, 15) is 5.11 Å². The quantitative estimate of drug-likeness (QED) is 0.881. The molecule has 106 valence electrons. The highest BCUT2D eigenvalue weighted by atomic mass is 35.5. The van der Waals surface area contributed by atoms with Crippen molar-refractivity contribution >= 4 is 11.6 Å². The van der Waals surface area contributed by atoms with E-state index in [2.05, 4.69) is 11.9 Å². The molecule has 1 unspecified atom stereocenters. The molecular weight excluding hydrogens is 258 g/mol. The molecule has 1 fully saturated rings. The van der Waals surface area contributed by atoms with Crippen molar-refractivity contribution in [2.75, 3.05) is 13.6 Å². The predicted octanol–water partition coefficient (Wildman–Crippen LogP) is 4.03. The van der Waals surface area contributed by atoms with Crippen LogP contribution in [0.15, 0.2) is 24.3 Å². The zero-order valence-corrected chi connectivity index (χ0v) is 12.4. The summed E-state index contributed by atoms with van der Waals surface area (Å²) in [6.45, 7) is 0.928. The molecule has 3 heteroatoms. The fraction of sp³-hybridized carbons (Fsp3) is 0.625. The molecule has 0 spiro atoms. The first-order chi connectivity index (χ1) is 9.18. The van der Waals surface area contributed by atoms with Gasteiger partial charge in [0.2, 0.25) is 0 Å². The van der Waals surface area contributed by atoms with Crippen LogP contribution in [-0.4, -0.2) is 29.6 Å². The second-order valence-electron chi connectivity index (χ2n) is 5.60. The fourth-order valence-corrected chi connectivity index (χ4v) is 3.19. The van der Waals surface area contributed by atoms with Crippen molar-refractivity contribution in [1.82, 2.24) is 4.90 Å². The third-order valence-corrected chi connectivity index (χ3v) is 4.56. The molecule has 0 bridgehead atoms. The molecule has 0 heterocycles. The monoisotopic (exact) mass is 281 g/mol. The van der Waals surface area contributed by atoms with Crippen LogP contribution in [0.1, 0.15) is 50.2 Å². The molecule has 1 saturated carbocycles. The molecule has 1 aliphatic carbocycles. The zero-order valence-electron chi connectivity index (χ0n) is 11.7. The average Bonchev–Trinajstić information content (AvgIpc) is 2.46. The SMILES string of the molecule is CN(CCC(O)c1ccccc1Cl)C1CCCCC1. The van der Waals surface area contributed by atoms with E-state index < -0.39 is 6.10 Å². The highest BCUT2D eigenvalue weighted by Gasteiger charge is 2.19. The minimum Gasteiger partial charge on any atom is -0.388 e. The lowest BCUT2D eigenvalue weighted by Crippen LogP contribution is -2.34. The fourth-order valence-electron chi connectivity index (χ4n) is 2.93. The number of hydrogen-bond acceptors (Lipinski definition) is 2. The molecule has 19 heavy (non-hydrogen) atoms. The molecule has 1 atom stereocenters. The molecular formula is C16H24ClNO. The summed E-state index contributed by atoms with van der Waals surface area (Å²) >= 11 is 6.11. The number of halogens is 1. The van der Waals surface area contributed by atoms with Crippen molar-refractivity contribution in [3.05, 3.63) is 34.9 Å². The lowest BCUT2D eigenvalue weighted by molar-refractivity contribution is 0.125. The molecule has 1 aromatic rings. The predicted molar refractivity (Wildman–Crippen MR) is 80.5 cm³/mol. The number of aliphatic hydroxyl groups excluding tert-OH is 1. The molecule has 1 aromatic carbocycles. The zero-order chi connectivity index (χ0) is 13.7. The molecule has 1 aliphatic rings. The van der Waals surface area contributed by atoms with Crippen LogP contribution in [0.5, 0.6) is 0 Å². The van der Waals surface area contributed by atoms with Gasteiger partial charge in [0, 0.05) is 17.6 Å². The molecule has 0 aromatic heterocycles. The first-order valence-corrected chi connectivity index (χ1v) is 7.69. The first-order valence-electron chi connectivity index (χ1n) is 7.31. The second kappa shape index (κ2) is 7.28. The van der Waals surface area contributed by atoms with Crippen LogP contribution >= 0.6 is 11.6 Å². The van der Waals surface area contributed by atoms with Gasteiger partial charge in [0.1, 0.15) is 0 Å². The van der Waals surface area contributed by atoms with E-state index in [4.69, 9.17) is 11.6 Å². The Hall–Kier alpha value is -0.570. The number of benzene rings is 1. The molecule has 0 aliphatic heterocycles. The van der Waals surface area contributed by atoms with Gasteiger partial charge in [-0.25, -0.2) is 0 Å².